The van der Waals surface area contributed by atoms with E-state index in [0.29, 0.717) is 18.8 Å². The molecule has 3 aliphatic heterocycles. The quantitative estimate of drug-likeness (QED) is 0.0214. The van der Waals surface area contributed by atoms with E-state index in [1.54, 1.807) is 36.4 Å². The monoisotopic (exact) mass is 1480 g/mol. The van der Waals surface area contributed by atoms with E-state index in [-0.39, 0.29) is 22.4 Å². The normalized spacial score (nSPS) is 23.6. The van der Waals surface area contributed by atoms with Gasteiger partial charge in [0.1, 0.15) is 71.8 Å². The highest BCUT2D eigenvalue weighted by atomic mass is 16.5. The second kappa shape index (κ2) is 36.9. The number of amides is 7. The number of carbonyl (C=O) groups excluding carboxylic acids is 8. The van der Waals surface area contributed by atoms with Crippen molar-refractivity contribution in [2.24, 2.45) is 5.92 Å². The molecule has 7 aromatic rings. The Labute approximate surface area is 626 Å². The minimum atomic E-state index is -2.38. The maximum Gasteiger partial charge on any atom is 0.343 e. The van der Waals surface area contributed by atoms with Gasteiger partial charge in [0.15, 0.2) is 6.23 Å². The molecule has 572 valence electrons. The van der Waals surface area contributed by atoms with Crippen molar-refractivity contribution in [3.05, 3.63) is 187 Å². The summed E-state index contributed by atoms with van der Waals surface area (Å²) in [7, 11) is 0. The van der Waals surface area contributed by atoms with Crippen LogP contribution in [0.5, 0.6) is 17.2 Å². The highest BCUT2D eigenvalue weighted by Crippen LogP contribution is 2.32. The lowest BCUT2D eigenvalue weighted by atomic mass is 9.96. The van der Waals surface area contributed by atoms with Gasteiger partial charge in [-0.1, -0.05) is 156 Å². The number of hydrogen-bond donors (Lipinski definition) is 13. The zero-order chi connectivity index (χ0) is 77.5. The molecule has 3 fully saturated rings. The van der Waals surface area contributed by atoms with Crippen molar-refractivity contribution in [3.63, 3.8) is 0 Å². The first-order valence-electron chi connectivity index (χ1n) is 36.6. The smallest absolute Gasteiger partial charge is 0.343 e. The summed E-state index contributed by atoms with van der Waals surface area (Å²) >= 11 is 0. The van der Waals surface area contributed by atoms with Crippen LogP contribution in [-0.2, 0) is 28.8 Å². The lowest BCUT2D eigenvalue weighted by Crippen LogP contribution is -2.64. The number of fused-ring (bicyclic) bond motifs is 2. The SMILES string of the molecule is CCCCCOc1ccc(-c2ccc(-c3ccc(C(=O)N[C@@H]4C[C@@H](O)[C@@H](O)NC(=O)[C@@H]5[C@@H](O)[C@@H](C)CN5C(=O)[C@H]([C@@H](C)O)NC(=O)[C@H]([C@H](O)[C@@H](O)c5ccc(OC(=O)c6ccc(-c7ccc(-c8ccc(OCCCCC)cc8)cc7)cc6)cc5)NC(=O)[C@@H]5C[C@@H](O)CN5C(=O)[C@H]([C@H](C)O)NC4=O)cc3)cc2)cc1. The predicted octanol–water partition coefficient (Wildman–Crippen LogP) is 5.49. The Morgan fingerprint density at radius 2 is 0.898 bits per heavy atom. The number of rotatable bonds is 23. The molecule has 108 heavy (non-hydrogen) atoms. The summed E-state index contributed by atoms with van der Waals surface area (Å²) in [5.74, 6) is -8.59. The van der Waals surface area contributed by atoms with Gasteiger partial charge in [-0.3, -0.25) is 33.6 Å². The van der Waals surface area contributed by atoms with Crippen LogP contribution >= 0.6 is 0 Å². The van der Waals surface area contributed by atoms with Crippen LogP contribution in [0.1, 0.15) is 118 Å². The van der Waals surface area contributed by atoms with Gasteiger partial charge in [0.25, 0.3) is 5.91 Å². The summed E-state index contributed by atoms with van der Waals surface area (Å²) in [6.45, 7) is 8.21. The summed E-state index contributed by atoms with van der Waals surface area (Å²) in [6.07, 6.45) is -10.9. The fourth-order valence-corrected chi connectivity index (χ4v) is 13.4. The van der Waals surface area contributed by atoms with Crippen LogP contribution in [0.15, 0.2) is 170 Å². The Bertz CT molecular complexity index is 4220. The molecule has 0 aliphatic carbocycles. The molecule has 3 saturated heterocycles. The highest BCUT2D eigenvalue weighted by molar-refractivity contribution is 6.01. The molecule has 13 N–H and O–H groups in total. The maximum absolute atomic E-state index is 14.8. The minimum Gasteiger partial charge on any atom is -0.494 e. The van der Waals surface area contributed by atoms with E-state index >= 15 is 0 Å². The molecule has 26 heteroatoms. The van der Waals surface area contributed by atoms with Crippen LogP contribution in [-0.4, -0.2) is 203 Å². The van der Waals surface area contributed by atoms with Gasteiger partial charge in [0, 0.05) is 37.4 Å². The molecule has 7 amide bonds. The predicted molar refractivity (Wildman–Crippen MR) is 399 cm³/mol. The Morgan fingerprint density at radius 1 is 0.481 bits per heavy atom. The number of carbonyl (C=O) groups is 8. The third-order valence-electron chi connectivity index (χ3n) is 19.8. The van der Waals surface area contributed by atoms with Gasteiger partial charge in [-0.15, -0.1) is 0 Å². The van der Waals surface area contributed by atoms with Crippen molar-refractivity contribution in [1.82, 2.24) is 36.4 Å². The first kappa shape index (κ1) is 80.1. The van der Waals surface area contributed by atoms with Crippen molar-refractivity contribution in [1.29, 1.82) is 0 Å². The molecule has 26 nitrogen and oxygen atoms in total. The van der Waals surface area contributed by atoms with Gasteiger partial charge in [0.05, 0.1) is 43.2 Å². The van der Waals surface area contributed by atoms with Gasteiger partial charge in [0.2, 0.25) is 35.4 Å². The van der Waals surface area contributed by atoms with E-state index in [9.17, 15) is 79.2 Å². The highest BCUT2D eigenvalue weighted by Gasteiger charge is 2.50. The Morgan fingerprint density at radius 3 is 1.36 bits per heavy atom. The van der Waals surface area contributed by atoms with Crippen LogP contribution in [0.2, 0.25) is 0 Å². The summed E-state index contributed by atoms with van der Waals surface area (Å²) in [5, 5.41) is 104. The number of unbranched alkanes of at least 4 members (excludes halogenated alkanes) is 4. The average Bonchev–Trinajstić information content (AvgIpc) is 1.62. The molecular weight excluding hydrogens is 1390 g/mol. The number of esters is 1. The largest absolute Gasteiger partial charge is 0.494 e. The van der Waals surface area contributed by atoms with Crippen molar-refractivity contribution in [2.75, 3.05) is 26.3 Å². The molecule has 10 rings (SSSR count). The van der Waals surface area contributed by atoms with Crippen LogP contribution in [0.4, 0.5) is 0 Å². The van der Waals surface area contributed by atoms with E-state index in [4.69, 9.17) is 14.2 Å². The first-order valence-corrected chi connectivity index (χ1v) is 36.6. The fourth-order valence-electron chi connectivity index (χ4n) is 13.4. The number of nitrogens with one attached hydrogen (secondary N) is 5. The molecule has 3 aliphatic rings. The third-order valence-corrected chi connectivity index (χ3v) is 19.8. The van der Waals surface area contributed by atoms with Crippen LogP contribution in [0.25, 0.3) is 44.5 Å². The molecule has 3 heterocycles. The lowest BCUT2D eigenvalue weighted by molar-refractivity contribution is -0.148. The second-order valence-corrected chi connectivity index (χ2v) is 27.9. The van der Waals surface area contributed by atoms with Crippen molar-refractivity contribution in [3.8, 4) is 61.8 Å². The minimum absolute atomic E-state index is 0.00187. The molecule has 0 radical (unpaired) electrons. The van der Waals surface area contributed by atoms with Crippen molar-refractivity contribution in [2.45, 2.75) is 171 Å². The van der Waals surface area contributed by atoms with E-state index in [0.717, 1.165) is 113 Å². The zero-order valence-electron chi connectivity index (χ0n) is 60.8. The maximum atomic E-state index is 14.8. The molecule has 0 bridgehead atoms. The molecule has 15 atom stereocenters. The summed E-state index contributed by atoms with van der Waals surface area (Å²) in [5.41, 5.74) is 7.22. The number of ether oxygens (including phenoxy) is 3. The van der Waals surface area contributed by atoms with Crippen LogP contribution < -0.4 is 40.8 Å². The van der Waals surface area contributed by atoms with E-state index < -0.39 is 164 Å². The molecule has 0 aromatic heterocycles. The number of aliphatic hydroxyl groups excluding tert-OH is 8. The van der Waals surface area contributed by atoms with Crippen LogP contribution in [0.3, 0.4) is 0 Å². The molecular formula is C82H95N7O19. The lowest BCUT2D eigenvalue weighted by Gasteiger charge is -2.34. The number of nitrogens with zero attached hydrogens (tertiary/aromatic N) is 2. The standard InChI is InChI=1S/C82H95N7O19/c1-6-8-10-40-106-61-34-28-55(29-35-61)51-16-12-49(13-17-51)53-20-24-58(25-21-53)74(97)83-64-43-66(93)77(100)87-79(102)70-71(94)46(3)44-89(70)81(104)68(48(5)91)85-78(101)69(86-76(99)65-42-60(92)45-88(65)80(103)67(47(4)90)84-75(64)98)73(96)72(95)57-32-38-63(39-33-57)108-82(105)59-26-22-54(23-27-59)50-14-18-52(19-15-50)56-30-36-62(37-31-56)107-41-11-9-7-2/h12-39,46-48,60,64-73,77,90-96,100H,6-11,40-45H2,1-5H3,(H,83,97)(H,84,98)(H,85,101)(H,86,99)(H,87,102)/t46-,47-,48+,60+,64+,65-,66+,67-,68-,69-,70-,71-,72-,73-,77+/m0/s1. The summed E-state index contributed by atoms with van der Waals surface area (Å²) < 4.78 is 17.4. The van der Waals surface area contributed by atoms with E-state index in [1.165, 1.54) is 43.3 Å². The topological polar surface area (TPSA) is 393 Å². The van der Waals surface area contributed by atoms with Gasteiger partial charge in [-0.2, -0.15) is 0 Å². The second-order valence-electron chi connectivity index (χ2n) is 27.9. The van der Waals surface area contributed by atoms with E-state index in [1.807, 2.05) is 97.1 Å². The van der Waals surface area contributed by atoms with Crippen molar-refractivity contribution >= 4 is 47.3 Å². The molecule has 0 spiro atoms. The van der Waals surface area contributed by atoms with Crippen molar-refractivity contribution < 1.29 is 93.4 Å². The van der Waals surface area contributed by atoms with Gasteiger partial charge < -0.3 is 91.4 Å². The Kier molecular flexibility index (Phi) is 27.4. The summed E-state index contributed by atoms with van der Waals surface area (Å²) in [6, 6.07) is 37.4. The fraction of sp³-hybridized carbons (Fsp3) is 0.390. The molecule has 0 saturated carbocycles. The average molecular weight is 1480 g/mol. The zero-order valence-corrected chi connectivity index (χ0v) is 60.8. The number of benzene rings is 7. The molecule has 7 aromatic carbocycles. The first-order chi connectivity index (χ1) is 51.8. The number of hydrogen-bond acceptors (Lipinski definition) is 19. The third kappa shape index (κ3) is 19.8. The van der Waals surface area contributed by atoms with Gasteiger partial charge in [-0.05, 0) is 137 Å². The summed E-state index contributed by atoms with van der Waals surface area (Å²) in [4.78, 5) is 117. The Balaban J connectivity index is 0.858. The Hall–Kier alpha value is -10.4. The van der Waals surface area contributed by atoms with Crippen LogP contribution in [0, 0.1) is 5.92 Å². The van der Waals surface area contributed by atoms with Gasteiger partial charge >= 0.3 is 5.97 Å². The van der Waals surface area contributed by atoms with E-state index in [2.05, 4.69) is 40.4 Å². The molecule has 0 unspecified atom stereocenters. The van der Waals surface area contributed by atoms with Gasteiger partial charge in [-0.25, -0.2) is 4.79 Å². The number of aliphatic hydroxyl groups is 8.